The average Bonchev–Trinajstić information content (AvgIpc) is 2.09. The van der Waals surface area contributed by atoms with Crippen LogP contribution in [0.3, 0.4) is 0 Å². The summed E-state index contributed by atoms with van der Waals surface area (Å²) in [6.07, 6.45) is 0.512. The molecule has 0 aliphatic carbocycles. The number of halogens is 2. The fourth-order valence-electron chi connectivity index (χ4n) is 0.877. The third kappa shape index (κ3) is 3.07. The molecule has 1 nitrogen and oxygen atoms in total. The Morgan fingerprint density at radius 2 is 1.83 bits per heavy atom. The van der Waals surface area contributed by atoms with Crippen LogP contribution in [-0.4, -0.2) is 11.1 Å². The Balaban J connectivity index is 2.64. The Labute approximate surface area is 88.4 Å². The topological polar surface area (TPSA) is 17.1 Å². The minimum Gasteiger partial charge on any atom is -0.298 e. The standard InChI is InChI=1S/C9H8Br2O/c10-6-9(12)5-7-1-3-8(11)4-2-7/h1-4H,5-6H2. The molecule has 0 amide bonds. The summed E-state index contributed by atoms with van der Waals surface area (Å²) >= 11 is 6.46. The zero-order valence-corrected chi connectivity index (χ0v) is 9.56. The minimum absolute atomic E-state index is 0.206. The fraction of sp³-hybridized carbons (Fsp3) is 0.222. The molecule has 0 saturated heterocycles. The van der Waals surface area contributed by atoms with Gasteiger partial charge in [0, 0.05) is 10.9 Å². The number of hydrogen-bond donors (Lipinski definition) is 0. The quantitative estimate of drug-likeness (QED) is 0.783. The van der Waals surface area contributed by atoms with Crippen LogP contribution in [0.2, 0.25) is 0 Å². The summed E-state index contributed by atoms with van der Waals surface area (Å²) in [5.41, 5.74) is 1.06. The lowest BCUT2D eigenvalue weighted by Gasteiger charge is -1.97. The highest BCUT2D eigenvalue weighted by Gasteiger charge is 2.00. The lowest BCUT2D eigenvalue weighted by atomic mass is 10.1. The molecule has 0 saturated carbocycles. The molecule has 0 atom stereocenters. The van der Waals surface area contributed by atoms with E-state index >= 15 is 0 Å². The summed E-state index contributed by atoms with van der Waals surface area (Å²) in [6.45, 7) is 0. The van der Waals surface area contributed by atoms with Crippen molar-refractivity contribution in [3.05, 3.63) is 34.3 Å². The number of Topliss-reactive ketones (excluding diaryl/α,β-unsaturated/α-hetero) is 1. The van der Waals surface area contributed by atoms with E-state index in [1.54, 1.807) is 0 Å². The normalized spacial score (nSPS) is 9.83. The van der Waals surface area contributed by atoms with E-state index in [0.717, 1.165) is 10.0 Å². The van der Waals surface area contributed by atoms with Crippen LogP contribution in [-0.2, 0) is 11.2 Å². The smallest absolute Gasteiger partial charge is 0.147 e. The van der Waals surface area contributed by atoms with E-state index in [0.29, 0.717) is 11.8 Å². The summed E-state index contributed by atoms with van der Waals surface area (Å²) in [4.78, 5) is 11.0. The van der Waals surface area contributed by atoms with Crippen molar-refractivity contribution >= 4 is 37.6 Å². The second-order valence-corrected chi connectivity index (χ2v) is 3.95. The molecular weight excluding hydrogens is 284 g/mol. The molecule has 0 fully saturated rings. The molecule has 0 aliphatic heterocycles. The van der Waals surface area contributed by atoms with Gasteiger partial charge in [-0.1, -0.05) is 44.0 Å². The van der Waals surface area contributed by atoms with Gasteiger partial charge in [-0.2, -0.15) is 0 Å². The number of alkyl halides is 1. The first-order chi connectivity index (χ1) is 5.72. The first-order valence-electron chi connectivity index (χ1n) is 3.54. The van der Waals surface area contributed by atoms with Crippen molar-refractivity contribution in [1.29, 1.82) is 0 Å². The SMILES string of the molecule is O=C(CBr)Cc1ccc(Br)cc1. The third-order valence-corrected chi connectivity index (χ3v) is 2.62. The van der Waals surface area contributed by atoms with Gasteiger partial charge >= 0.3 is 0 Å². The van der Waals surface area contributed by atoms with Crippen LogP contribution in [0.5, 0.6) is 0 Å². The van der Waals surface area contributed by atoms with Crippen LogP contribution < -0.4 is 0 Å². The summed E-state index contributed by atoms with van der Waals surface area (Å²) in [5.74, 6) is 0.206. The Kier molecular flexibility index (Phi) is 3.95. The molecule has 0 aromatic heterocycles. The number of carbonyl (C=O) groups excluding carboxylic acids is 1. The van der Waals surface area contributed by atoms with Gasteiger partial charge in [0.1, 0.15) is 5.78 Å². The summed E-state index contributed by atoms with van der Waals surface area (Å²) in [5, 5.41) is 0.434. The highest BCUT2D eigenvalue weighted by Crippen LogP contribution is 2.11. The molecule has 0 unspecified atom stereocenters. The molecule has 1 aromatic carbocycles. The number of rotatable bonds is 3. The maximum Gasteiger partial charge on any atom is 0.147 e. The van der Waals surface area contributed by atoms with Gasteiger partial charge in [-0.3, -0.25) is 4.79 Å². The van der Waals surface area contributed by atoms with E-state index in [2.05, 4.69) is 31.9 Å². The zero-order valence-electron chi connectivity index (χ0n) is 6.39. The first-order valence-corrected chi connectivity index (χ1v) is 5.46. The van der Waals surface area contributed by atoms with Crippen LogP contribution in [0.4, 0.5) is 0 Å². The largest absolute Gasteiger partial charge is 0.298 e. The van der Waals surface area contributed by atoms with Crippen molar-refractivity contribution < 1.29 is 4.79 Å². The molecule has 1 rings (SSSR count). The van der Waals surface area contributed by atoms with Crippen molar-refractivity contribution in [2.75, 3.05) is 5.33 Å². The van der Waals surface area contributed by atoms with E-state index < -0.39 is 0 Å². The van der Waals surface area contributed by atoms with E-state index in [1.807, 2.05) is 24.3 Å². The first kappa shape index (κ1) is 9.93. The van der Waals surface area contributed by atoms with E-state index in [-0.39, 0.29) is 5.78 Å². The predicted molar refractivity (Wildman–Crippen MR) is 56.6 cm³/mol. The van der Waals surface area contributed by atoms with Crippen LogP contribution >= 0.6 is 31.9 Å². The predicted octanol–water partition coefficient (Wildman–Crippen LogP) is 2.96. The lowest BCUT2D eigenvalue weighted by Crippen LogP contribution is -2.02. The number of benzene rings is 1. The number of carbonyl (C=O) groups is 1. The van der Waals surface area contributed by atoms with Gasteiger partial charge in [0.2, 0.25) is 0 Å². The Morgan fingerprint density at radius 1 is 1.25 bits per heavy atom. The zero-order chi connectivity index (χ0) is 8.97. The molecule has 12 heavy (non-hydrogen) atoms. The van der Waals surface area contributed by atoms with E-state index in [1.165, 1.54) is 0 Å². The highest BCUT2D eigenvalue weighted by molar-refractivity contribution is 9.10. The van der Waals surface area contributed by atoms with Crippen LogP contribution in [0.25, 0.3) is 0 Å². The number of hydrogen-bond acceptors (Lipinski definition) is 1. The Bertz CT molecular complexity index is 266. The van der Waals surface area contributed by atoms with Crippen molar-refractivity contribution in [1.82, 2.24) is 0 Å². The monoisotopic (exact) mass is 290 g/mol. The Hall–Kier alpha value is -0.150. The maximum absolute atomic E-state index is 11.0. The van der Waals surface area contributed by atoms with Gasteiger partial charge in [0.25, 0.3) is 0 Å². The van der Waals surface area contributed by atoms with E-state index in [4.69, 9.17) is 0 Å². The molecule has 0 radical (unpaired) electrons. The molecule has 0 spiro atoms. The summed E-state index contributed by atoms with van der Waals surface area (Å²) < 4.78 is 1.04. The molecule has 0 aliphatic rings. The second-order valence-electron chi connectivity index (χ2n) is 2.48. The van der Waals surface area contributed by atoms with Gasteiger partial charge in [-0.25, -0.2) is 0 Å². The lowest BCUT2D eigenvalue weighted by molar-refractivity contribution is -0.115. The third-order valence-electron chi connectivity index (χ3n) is 1.46. The molecular formula is C9H8Br2O. The molecule has 64 valence electrons. The molecule has 1 aromatic rings. The van der Waals surface area contributed by atoms with Gasteiger partial charge in [0.05, 0.1) is 5.33 Å². The van der Waals surface area contributed by atoms with Crippen LogP contribution in [0.15, 0.2) is 28.7 Å². The molecule has 0 bridgehead atoms. The second kappa shape index (κ2) is 4.77. The highest BCUT2D eigenvalue weighted by atomic mass is 79.9. The van der Waals surface area contributed by atoms with Gasteiger partial charge < -0.3 is 0 Å². The van der Waals surface area contributed by atoms with Crippen LogP contribution in [0.1, 0.15) is 5.56 Å². The summed E-state index contributed by atoms with van der Waals surface area (Å²) in [7, 11) is 0. The van der Waals surface area contributed by atoms with Gasteiger partial charge in [-0.05, 0) is 17.7 Å². The van der Waals surface area contributed by atoms with Gasteiger partial charge in [0.15, 0.2) is 0 Å². The van der Waals surface area contributed by atoms with Crippen LogP contribution in [0, 0.1) is 0 Å². The van der Waals surface area contributed by atoms with Crippen molar-refractivity contribution in [2.24, 2.45) is 0 Å². The minimum atomic E-state index is 0.206. The van der Waals surface area contributed by atoms with Crippen molar-refractivity contribution in [3.8, 4) is 0 Å². The molecule has 0 N–H and O–H groups in total. The van der Waals surface area contributed by atoms with Crippen molar-refractivity contribution in [3.63, 3.8) is 0 Å². The van der Waals surface area contributed by atoms with Gasteiger partial charge in [-0.15, -0.1) is 0 Å². The average molecular weight is 292 g/mol. The maximum atomic E-state index is 11.0. The Morgan fingerprint density at radius 3 is 2.33 bits per heavy atom. The molecule has 0 heterocycles. The molecule has 3 heteroatoms. The fourth-order valence-corrected chi connectivity index (χ4v) is 1.34. The number of ketones is 1. The van der Waals surface area contributed by atoms with E-state index in [9.17, 15) is 4.79 Å². The van der Waals surface area contributed by atoms with Crippen molar-refractivity contribution in [2.45, 2.75) is 6.42 Å². The summed E-state index contributed by atoms with van der Waals surface area (Å²) in [6, 6.07) is 7.78.